The monoisotopic (exact) mass is 376 g/mol. The molecule has 0 fully saturated rings. The van der Waals surface area contributed by atoms with E-state index in [0.717, 1.165) is 23.4 Å². The van der Waals surface area contributed by atoms with Crippen molar-refractivity contribution in [2.75, 3.05) is 10.8 Å². The number of nitrogens with zero attached hydrogens (tertiary/aromatic N) is 2. The lowest BCUT2D eigenvalue weighted by molar-refractivity contribution is -0.119. The molecule has 0 spiro atoms. The van der Waals surface area contributed by atoms with Crippen LogP contribution < -0.4 is 5.01 Å². The summed E-state index contributed by atoms with van der Waals surface area (Å²) in [6.45, 7) is 0. The van der Waals surface area contributed by atoms with Crippen molar-refractivity contribution in [3.63, 3.8) is 0 Å². The first-order chi connectivity index (χ1) is 11.6. The Labute approximate surface area is 154 Å². The fraction of sp³-hybridized carbons (Fsp3) is 0.222. The predicted molar refractivity (Wildman–Crippen MR) is 100 cm³/mol. The van der Waals surface area contributed by atoms with Gasteiger partial charge in [-0.25, -0.2) is 0 Å². The fourth-order valence-electron chi connectivity index (χ4n) is 3.06. The number of benzene rings is 2. The van der Waals surface area contributed by atoms with Crippen LogP contribution >= 0.6 is 35.0 Å². The highest BCUT2D eigenvalue weighted by Crippen LogP contribution is 2.38. The molecule has 1 amide bonds. The molecular formula is C18H14Cl2N2OS. The molecule has 0 aromatic heterocycles. The van der Waals surface area contributed by atoms with Crippen LogP contribution in [0.2, 0.25) is 5.02 Å². The van der Waals surface area contributed by atoms with Crippen molar-refractivity contribution in [3.8, 4) is 0 Å². The van der Waals surface area contributed by atoms with E-state index in [9.17, 15) is 4.79 Å². The SMILES string of the molecule is O=C1C(Cl)C2CCSc3ccccc3C2=NN1c1ccc(Cl)cc1. The van der Waals surface area contributed by atoms with Gasteiger partial charge in [-0.2, -0.15) is 10.1 Å². The van der Waals surface area contributed by atoms with Crippen LogP contribution in [0.5, 0.6) is 0 Å². The molecule has 6 heteroatoms. The van der Waals surface area contributed by atoms with E-state index in [0.29, 0.717) is 10.7 Å². The molecule has 2 aliphatic heterocycles. The summed E-state index contributed by atoms with van der Waals surface area (Å²) >= 11 is 14.3. The van der Waals surface area contributed by atoms with E-state index < -0.39 is 5.38 Å². The minimum absolute atomic E-state index is 0.0566. The van der Waals surface area contributed by atoms with E-state index in [2.05, 4.69) is 12.1 Å². The van der Waals surface area contributed by atoms with Crippen molar-refractivity contribution in [1.29, 1.82) is 0 Å². The number of carbonyl (C=O) groups is 1. The maximum absolute atomic E-state index is 12.7. The van der Waals surface area contributed by atoms with Crippen LogP contribution in [0.1, 0.15) is 12.0 Å². The third kappa shape index (κ3) is 2.73. The molecule has 122 valence electrons. The highest BCUT2D eigenvalue weighted by atomic mass is 35.5. The summed E-state index contributed by atoms with van der Waals surface area (Å²) in [5.74, 6) is 0.689. The number of halogens is 2. The van der Waals surface area contributed by atoms with Crippen LogP contribution in [0.25, 0.3) is 0 Å². The predicted octanol–water partition coefficient (Wildman–Crippen LogP) is 4.81. The summed E-state index contributed by atoms with van der Waals surface area (Å²) in [6.07, 6.45) is 0.840. The molecule has 0 aliphatic carbocycles. The van der Waals surface area contributed by atoms with Gasteiger partial charge in [0.2, 0.25) is 0 Å². The first-order valence-electron chi connectivity index (χ1n) is 7.69. The Hall–Kier alpha value is -1.49. The molecule has 2 aromatic rings. The number of anilines is 1. The number of hydrazone groups is 1. The molecule has 0 bridgehead atoms. The summed E-state index contributed by atoms with van der Waals surface area (Å²) in [6, 6.07) is 15.2. The average Bonchev–Trinajstić information content (AvgIpc) is 2.78. The van der Waals surface area contributed by atoms with Gasteiger partial charge in [-0.3, -0.25) is 4.79 Å². The smallest absolute Gasteiger partial charge is 0.266 e. The highest BCUT2D eigenvalue weighted by Gasteiger charge is 2.40. The summed E-state index contributed by atoms with van der Waals surface area (Å²) in [7, 11) is 0. The van der Waals surface area contributed by atoms with E-state index in [1.807, 2.05) is 12.1 Å². The molecule has 2 heterocycles. The molecule has 2 atom stereocenters. The molecule has 4 rings (SSSR count). The van der Waals surface area contributed by atoms with E-state index in [4.69, 9.17) is 28.3 Å². The minimum Gasteiger partial charge on any atom is -0.271 e. The second-order valence-corrected chi connectivity index (χ2v) is 7.80. The Kier molecular flexibility index (Phi) is 4.29. The molecule has 24 heavy (non-hydrogen) atoms. The van der Waals surface area contributed by atoms with Crippen LogP contribution in [-0.2, 0) is 4.79 Å². The first-order valence-corrected chi connectivity index (χ1v) is 9.49. The molecule has 2 aliphatic rings. The number of amides is 1. The number of carbonyl (C=O) groups excluding carboxylic acids is 1. The van der Waals surface area contributed by atoms with Gasteiger partial charge in [-0.05, 0) is 42.5 Å². The molecule has 2 unspecified atom stereocenters. The van der Waals surface area contributed by atoms with Crippen LogP contribution in [0.15, 0.2) is 58.5 Å². The lowest BCUT2D eigenvalue weighted by Gasteiger charge is -2.32. The zero-order valence-electron chi connectivity index (χ0n) is 12.7. The molecule has 0 N–H and O–H groups in total. The van der Waals surface area contributed by atoms with Gasteiger partial charge in [-0.1, -0.05) is 29.8 Å². The fourth-order valence-corrected chi connectivity index (χ4v) is 4.62. The van der Waals surface area contributed by atoms with Crippen LogP contribution in [0, 0.1) is 5.92 Å². The molecule has 0 saturated carbocycles. The lowest BCUT2D eigenvalue weighted by Crippen LogP contribution is -2.46. The zero-order valence-corrected chi connectivity index (χ0v) is 15.0. The Bertz CT molecular complexity index is 822. The summed E-state index contributed by atoms with van der Waals surface area (Å²) in [5.41, 5.74) is 2.64. The van der Waals surface area contributed by atoms with Gasteiger partial charge in [0.15, 0.2) is 0 Å². The normalized spacial score (nSPS) is 23.2. The Morgan fingerprint density at radius 2 is 1.88 bits per heavy atom. The summed E-state index contributed by atoms with van der Waals surface area (Å²) < 4.78 is 0. The first kappa shape index (κ1) is 16.0. The van der Waals surface area contributed by atoms with Crippen molar-refractivity contribution in [3.05, 3.63) is 59.1 Å². The van der Waals surface area contributed by atoms with Crippen LogP contribution in [0.4, 0.5) is 5.69 Å². The van der Waals surface area contributed by atoms with Crippen molar-refractivity contribution >= 4 is 52.3 Å². The van der Waals surface area contributed by atoms with E-state index >= 15 is 0 Å². The second kappa shape index (κ2) is 6.43. The summed E-state index contributed by atoms with van der Waals surface area (Å²) in [5, 5.41) is 6.11. The van der Waals surface area contributed by atoms with E-state index in [1.54, 1.807) is 36.0 Å². The maximum atomic E-state index is 12.7. The summed E-state index contributed by atoms with van der Waals surface area (Å²) in [4.78, 5) is 13.9. The van der Waals surface area contributed by atoms with Crippen LogP contribution in [0.3, 0.4) is 0 Å². The zero-order chi connectivity index (χ0) is 16.7. The largest absolute Gasteiger partial charge is 0.271 e. The average molecular weight is 377 g/mol. The quantitative estimate of drug-likeness (QED) is 0.668. The van der Waals surface area contributed by atoms with Gasteiger partial charge in [-0.15, -0.1) is 23.4 Å². The topological polar surface area (TPSA) is 32.7 Å². The molecular weight excluding hydrogens is 363 g/mol. The van der Waals surface area contributed by atoms with Gasteiger partial charge >= 0.3 is 0 Å². The lowest BCUT2D eigenvalue weighted by atomic mass is 9.89. The third-order valence-corrected chi connectivity index (χ3v) is 6.13. The van der Waals surface area contributed by atoms with Crippen molar-refractivity contribution < 1.29 is 4.79 Å². The Balaban J connectivity index is 1.85. The van der Waals surface area contributed by atoms with E-state index in [-0.39, 0.29) is 11.8 Å². The number of hydrogen-bond donors (Lipinski definition) is 0. The molecule has 3 nitrogen and oxygen atoms in total. The van der Waals surface area contributed by atoms with Crippen molar-refractivity contribution in [1.82, 2.24) is 0 Å². The van der Waals surface area contributed by atoms with E-state index in [1.165, 1.54) is 9.90 Å². The third-order valence-electron chi connectivity index (χ3n) is 4.28. The number of rotatable bonds is 1. The van der Waals surface area contributed by atoms with Gasteiger partial charge in [0.1, 0.15) is 5.38 Å². The number of alkyl halides is 1. The van der Waals surface area contributed by atoms with Crippen LogP contribution in [-0.4, -0.2) is 22.7 Å². The molecule has 2 aromatic carbocycles. The number of hydrogen-bond acceptors (Lipinski definition) is 3. The van der Waals surface area contributed by atoms with Gasteiger partial charge < -0.3 is 0 Å². The highest BCUT2D eigenvalue weighted by molar-refractivity contribution is 7.99. The number of thioether (sulfide) groups is 1. The minimum atomic E-state index is -0.611. The van der Waals surface area contributed by atoms with Gasteiger partial charge in [0.05, 0.1) is 11.4 Å². The standard InChI is InChI=1S/C18H14Cl2N2OS/c19-11-5-7-12(8-6-11)22-18(23)16(20)14-9-10-24-15-4-2-1-3-13(15)17(14)21-22/h1-8,14,16H,9-10H2. The Morgan fingerprint density at radius 3 is 2.67 bits per heavy atom. The molecule has 0 radical (unpaired) electrons. The van der Waals surface area contributed by atoms with Gasteiger partial charge in [0.25, 0.3) is 5.91 Å². The van der Waals surface area contributed by atoms with Gasteiger partial charge in [0, 0.05) is 21.4 Å². The van der Waals surface area contributed by atoms with Crippen molar-refractivity contribution in [2.45, 2.75) is 16.7 Å². The Morgan fingerprint density at radius 1 is 1.12 bits per heavy atom. The molecule has 0 saturated heterocycles. The number of fused-ring (bicyclic) bond motifs is 3. The second-order valence-electron chi connectivity index (χ2n) is 5.75. The van der Waals surface area contributed by atoms with Crippen molar-refractivity contribution in [2.24, 2.45) is 11.0 Å². The maximum Gasteiger partial charge on any atom is 0.266 e.